The van der Waals surface area contributed by atoms with Crippen LogP contribution < -0.4 is 15.4 Å². The van der Waals surface area contributed by atoms with Crippen molar-refractivity contribution < 1.29 is 4.74 Å². The number of hydrogen-bond acceptors (Lipinski definition) is 8. The highest BCUT2D eigenvalue weighted by Crippen LogP contribution is 2.28. The lowest BCUT2D eigenvalue weighted by Crippen LogP contribution is -2.05. The van der Waals surface area contributed by atoms with Crippen molar-refractivity contribution in [2.45, 2.75) is 6.92 Å². The van der Waals surface area contributed by atoms with E-state index in [1.54, 1.807) is 25.8 Å². The number of aryl methyl sites for hydroxylation is 1. The quantitative estimate of drug-likeness (QED) is 0.724. The summed E-state index contributed by atoms with van der Waals surface area (Å²) in [4.78, 5) is 8.46. The second kappa shape index (κ2) is 6.67. The highest BCUT2D eigenvalue weighted by molar-refractivity contribution is 6.32. The predicted molar refractivity (Wildman–Crippen MR) is 90.3 cm³/mol. The zero-order valence-electron chi connectivity index (χ0n) is 13.3. The summed E-state index contributed by atoms with van der Waals surface area (Å²) in [5.41, 5.74) is 1.46. The molecule has 0 fully saturated rings. The molecule has 0 unspecified atom stereocenters. The number of nitrogens with zero attached hydrogens (tertiary/aromatic N) is 6. The van der Waals surface area contributed by atoms with E-state index >= 15 is 0 Å². The van der Waals surface area contributed by atoms with E-state index in [0.717, 1.165) is 5.69 Å². The van der Waals surface area contributed by atoms with Crippen LogP contribution >= 0.6 is 11.6 Å². The largest absolute Gasteiger partial charge is 0.494 e. The van der Waals surface area contributed by atoms with Crippen LogP contribution in [0.5, 0.6) is 5.75 Å². The average Bonchev–Trinajstić information content (AvgIpc) is 3.02. The van der Waals surface area contributed by atoms with E-state index in [1.165, 1.54) is 6.20 Å². The molecule has 0 aliphatic rings. The van der Waals surface area contributed by atoms with Gasteiger partial charge < -0.3 is 15.4 Å². The van der Waals surface area contributed by atoms with Gasteiger partial charge in [0.15, 0.2) is 5.82 Å². The van der Waals surface area contributed by atoms with Crippen molar-refractivity contribution in [3.8, 4) is 11.4 Å². The molecule has 0 aliphatic carbocycles. The minimum atomic E-state index is 0.410. The highest BCUT2D eigenvalue weighted by Gasteiger charge is 2.12. The fourth-order valence-corrected chi connectivity index (χ4v) is 2.30. The van der Waals surface area contributed by atoms with Crippen LogP contribution in [0.15, 0.2) is 24.4 Å². The van der Waals surface area contributed by atoms with Gasteiger partial charge in [0.1, 0.15) is 22.3 Å². The second-order valence-corrected chi connectivity index (χ2v) is 5.20. The minimum Gasteiger partial charge on any atom is -0.494 e. The topological polar surface area (TPSA) is 103 Å². The molecule has 124 valence electrons. The summed E-state index contributed by atoms with van der Waals surface area (Å²) in [5, 5.41) is 18.0. The first-order chi connectivity index (χ1) is 11.6. The molecule has 3 rings (SSSR count). The van der Waals surface area contributed by atoms with Gasteiger partial charge in [-0.05, 0) is 35.5 Å². The van der Waals surface area contributed by atoms with Crippen molar-refractivity contribution in [3.63, 3.8) is 0 Å². The van der Waals surface area contributed by atoms with Crippen LogP contribution in [0.4, 0.5) is 17.5 Å². The van der Waals surface area contributed by atoms with Crippen LogP contribution in [-0.2, 0) is 0 Å². The summed E-state index contributed by atoms with van der Waals surface area (Å²) in [6.45, 7) is 1.81. The number of aromatic nitrogens is 6. The standard InChI is InChI=1S/C14H15ClN8O/c1-8-20-21-22-23(8)11-6-9(4-5-12(11)24-3)18-14-17-7-10(15)13(16-2)19-14/h4-7H,1-3H3,(H2,16,17,18,19). The Balaban J connectivity index is 1.96. The Labute approximate surface area is 143 Å². The van der Waals surface area contributed by atoms with Crippen LogP contribution in [-0.4, -0.2) is 44.3 Å². The van der Waals surface area contributed by atoms with Crippen molar-refractivity contribution in [2.24, 2.45) is 0 Å². The van der Waals surface area contributed by atoms with E-state index in [1.807, 2.05) is 18.2 Å². The van der Waals surface area contributed by atoms with Crippen molar-refractivity contribution in [1.82, 2.24) is 30.2 Å². The molecule has 2 N–H and O–H groups in total. The molecule has 3 aromatic rings. The number of halogens is 1. The van der Waals surface area contributed by atoms with Gasteiger partial charge in [-0.25, -0.2) is 4.98 Å². The van der Waals surface area contributed by atoms with Crippen molar-refractivity contribution >= 4 is 29.1 Å². The molecule has 0 radical (unpaired) electrons. The van der Waals surface area contributed by atoms with Crippen molar-refractivity contribution in [1.29, 1.82) is 0 Å². The van der Waals surface area contributed by atoms with Gasteiger partial charge in [0, 0.05) is 12.7 Å². The average molecular weight is 347 g/mol. The highest BCUT2D eigenvalue weighted by atomic mass is 35.5. The first-order valence-corrected chi connectivity index (χ1v) is 7.41. The molecule has 0 bridgehead atoms. The summed E-state index contributed by atoms with van der Waals surface area (Å²) < 4.78 is 6.97. The van der Waals surface area contributed by atoms with Gasteiger partial charge in [0.25, 0.3) is 0 Å². The van der Waals surface area contributed by atoms with Crippen LogP contribution in [0.2, 0.25) is 5.02 Å². The van der Waals surface area contributed by atoms with Crippen LogP contribution in [0.25, 0.3) is 5.69 Å². The van der Waals surface area contributed by atoms with E-state index in [4.69, 9.17) is 16.3 Å². The monoisotopic (exact) mass is 346 g/mol. The third-order valence-corrected chi connectivity index (χ3v) is 3.55. The number of tetrazole rings is 1. The Morgan fingerprint density at radius 3 is 2.79 bits per heavy atom. The van der Waals surface area contributed by atoms with Crippen molar-refractivity contribution in [2.75, 3.05) is 24.8 Å². The summed E-state index contributed by atoms with van der Waals surface area (Å²) in [5.74, 6) is 2.24. The molecular formula is C14H15ClN8O. The molecule has 0 spiro atoms. The molecular weight excluding hydrogens is 332 g/mol. The number of rotatable bonds is 5. The lowest BCUT2D eigenvalue weighted by Gasteiger charge is -2.12. The molecule has 0 saturated heterocycles. The van der Waals surface area contributed by atoms with Crippen LogP contribution in [0, 0.1) is 6.92 Å². The molecule has 2 aromatic heterocycles. The molecule has 9 nitrogen and oxygen atoms in total. The van der Waals surface area contributed by atoms with Crippen LogP contribution in [0.1, 0.15) is 5.82 Å². The second-order valence-electron chi connectivity index (χ2n) is 4.79. The fourth-order valence-electron chi connectivity index (χ4n) is 2.12. The van der Waals surface area contributed by atoms with Gasteiger partial charge in [-0.15, -0.1) is 5.10 Å². The first-order valence-electron chi connectivity index (χ1n) is 7.03. The third-order valence-electron chi connectivity index (χ3n) is 3.27. The number of nitrogens with one attached hydrogen (secondary N) is 2. The van der Waals surface area contributed by atoms with E-state index in [0.29, 0.717) is 34.1 Å². The van der Waals surface area contributed by atoms with E-state index in [9.17, 15) is 0 Å². The summed E-state index contributed by atoms with van der Waals surface area (Å²) >= 11 is 5.99. The Kier molecular flexibility index (Phi) is 4.43. The lowest BCUT2D eigenvalue weighted by atomic mass is 10.2. The number of hydrogen-bond donors (Lipinski definition) is 2. The molecule has 2 heterocycles. The van der Waals surface area contributed by atoms with Gasteiger partial charge in [0.2, 0.25) is 5.95 Å². The molecule has 10 heteroatoms. The SMILES string of the molecule is CNc1nc(Nc2ccc(OC)c(-n3nnnc3C)c2)ncc1Cl. The van der Waals surface area contributed by atoms with E-state index in [2.05, 4.69) is 36.1 Å². The third kappa shape index (κ3) is 3.06. The lowest BCUT2D eigenvalue weighted by molar-refractivity contribution is 0.411. The van der Waals surface area contributed by atoms with Crippen LogP contribution in [0.3, 0.4) is 0 Å². The number of anilines is 3. The summed E-state index contributed by atoms with van der Waals surface area (Å²) in [7, 11) is 3.33. The van der Waals surface area contributed by atoms with Gasteiger partial charge in [-0.2, -0.15) is 9.67 Å². The first kappa shape index (κ1) is 15.9. The van der Waals surface area contributed by atoms with Gasteiger partial charge in [-0.1, -0.05) is 11.6 Å². The maximum atomic E-state index is 5.99. The molecule has 0 aliphatic heterocycles. The Morgan fingerprint density at radius 2 is 2.12 bits per heavy atom. The van der Waals surface area contributed by atoms with Crippen molar-refractivity contribution in [3.05, 3.63) is 35.2 Å². The Hall–Kier alpha value is -2.94. The smallest absolute Gasteiger partial charge is 0.229 e. The maximum absolute atomic E-state index is 5.99. The Bertz CT molecular complexity index is 866. The fraction of sp³-hybridized carbons (Fsp3) is 0.214. The normalized spacial score (nSPS) is 10.5. The molecule has 1 aromatic carbocycles. The number of benzene rings is 1. The zero-order valence-corrected chi connectivity index (χ0v) is 14.0. The Morgan fingerprint density at radius 1 is 1.29 bits per heavy atom. The van der Waals surface area contributed by atoms with Gasteiger partial charge in [-0.3, -0.25) is 0 Å². The van der Waals surface area contributed by atoms with Gasteiger partial charge >= 0.3 is 0 Å². The summed E-state index contributed by atoms with van der Waals surface area (Å²) in [6, 6.07) is 5.51. The summed E-state index contributed by atoms with van der Waals surface area (Å²) in [6.07, 6.45) is 1.53. The number of ether oxygens (including phenoxy) is 1. The molecule has 0 amide bonds. The molecule has 24 heavy (non-hydrogen) atoms. The maximum Gasteiger partial charge on any atom is 0.229 e. The van der Waals surface area contributed by atoms with E-state index in [-0.39, 0.29) is 0 Å². The molecule has 0 saturated carbocycles. The number of methoxy groups -OCH3 is 1. The molecule has 0 atom stereocenters. The predicted octanol–water partition coefficient (Wildman–Crippen LogP) is 2.21. The minimum absolute atomic E-state index is 0.410. The zero-order chi connectivity index (χ0) is 17.1. The van der Waals surface area contributed by atoms with E-state index < -0.39 is 0 Å². The van der Waals surface area contributed by atoms with Gasteiger partial charge in [0.05, 0.1) is 13.3 Å².